The standard InChI is InChI=1S/C32H46N4O8/c1-21(33-18-24(19-37)36-13-15-43-16-14-36)30(40)35-27(28(38)23-9-11-25(42-3)12-10-23)31(41)34-26(29(39)32(2)20-44-32)17-22-7-5-4-6-8-22/h7,9-12,19,21,24,26-28,33,38H,4-6,8,13-18,20H2,1-3H3,(H,34,41)(H,35,40). The Kier molecular flexibility index (Phi) is 12.0. The Morgan fingerprint density at radius 2 is 1.82 bits per heavy atom. The number of Topliss-reactive ketones (excluding diaryl/α,β-unsaturated/α-hetero) is 1. The minimum Gasteiger partial charge on any atom is -0.497 e. The molecular weight excluding hydrogens is 568 g/mol. The van der Waals surface area contributed by atoms with Gasteiger partial charge in [-0.2, -0.15) is 0 Å². The Bertz CT molecular complexity index is 1180. The quantitative estimate of drug-likeness (QED) is 0.119. The van der Waals surface area contributed by atoms with Crippen molar-refractivity contribution in [3.05, 3.63) is 41.5 Å². The molecular formula is C32H46N4O8. The maximum atomic E-state index is 13.9. The summed E-state index contributed by atoms with van der Waals surface area (Å²) < 4.78 is 16.0. The Morgan fingerprint density at radius 1 is 1.11 bits per heavy atom. The number of ketones is 1. The molecule has 1 aliphatic carbocycles. The van der Waals surface area contributed by atoms with E-state index in [2.05, 4.69) is 22.0 Å². The summed E-state index contributed by atoms with van der Waals surface area (Å²) in [4.78, 5) is 54.4. The maximum absolute atomic E-state index is 13.9. The third-order valence-electron chi connectivity index (χ3n) is 8.63. The number of hydrogen-bond acceptors (Lipinski definition) is 10. The van der Waals surface area contributed by atoms with Gasteiger partial charge in [-0.25, -0.2) is 0 Å². The molecule has 4 N–H and O–H groups in total. The number of aldehydes is 1. The molecule has 2 fully saturated rings. The molecule has 0 radical (unpaired) electrons. The fourth-order valence-corrected chi connectivity index (χ4v) is 5.56. The molecule has 12 nitrogen and oxygen atoms in total. The molecule has 44 heavy (non-hydrogen) atoms. The number of benzene rings is 1. The van der Waals surface area contributed by atoms with Gasteiger partial charge in [0, 0.05) is 19.6 Å². The lowest BCUT2D eigenvalue weighted by atomic mass is 9.89. The third-order valence-corrected chi connectivity index (χ3v) is 8.63. The number of carbonyl (C=O) groups is 4. The largest absolute Gasteiger partial charge is 0.497 e. The van der Waals surface area contributed by atoms with Crippen LogP contribution in [0.4, 0.5) is 0 Å². The van der Waals surface area contributed by atoms with Gasteiger partial charge in [-0.15, -0.1) is 0 Å². The van der Waals surface area contributed by atoms with Crippen LogP contribution in [0.3, 0.4) is 0 Å². The number of carbonyl (C=O) groups excluding carboxylic acids is 4. The monoisotopic (exact) mass is 614 g/mol. The van der Waals surface area contributed by atoms with Crippen molar-refractivity contribution in [3.63, 3.8) is 0 Å². The van der Waals surface area contributed by atoms with Crippen molar-refractivity contribution in [1.29, 1.82) is 0 Å². The van der Waals surface area contributed by atoms with Gasteiger partial charge in [0.05, 0.1) is 45.1 Å². The van der Waals surface area contributed by atoms with Gasteiger partial charge in [-0.3, -0.25) is 19.3 Å². The van der Waals surface area contributed by atoms with Crippen molar-refractivity contribution >= 4 is 23.9 Å². The number of rotatable bonds is 16. The van der Waals surface area contributed by atoms with Crippen LogP contribution in [0.25, 0.3) is 0 Å². The van der Waals surface area contributed by atoms with E-state index in [1.807, 2.05) is 4.90 Å². The van der Waals surface area contributed by atoms with Crippen LogP contribution in [0.2, 0.25) is 0 Å². The number of aliphatic hydroxyl groups is 1. The van der Waals surface area contributed by atoms with Crippen molar-refractivity contribution < 1.29 is 38.5 Å². The molecule has 0 bridgehead atoms. The first-order valence-corrected chi connectivity index (χ1v) is 15.4. The Labute approximate surface area is 258 Å². The number of morpholine rings is 1. The van der Waals surface area contributed by atoms with Gasteiger partial charge >= 0.3 is 0 Å². The van der Waals surface area contributed by atoms with Gasteiger partial charge in [-0.1, -0.05) is 23.8 Å². The SMILES string of the molecule is COc1ccc(C(O)C(NC(=O)C(C)NCC(C=O)N2CCOCC2)C(=O)NC(CC2=CCCCC2)C(=O)C2(C)CO2)cc1. The molecule has 3 aliphatic rings. The van der Waals surface area contributed by atoms with Crippen molar-refractivity contribution in [3.8, 4) is 5.75 Å². The van der Waals surface area contributed by atoms with E-state index in [-0.39, 0.29) is 18.9 Å². The summed E-state index contributed by atoms with van der Waals surface area (Å²) in [6.45, 7) is 6.12. The van der Waals surface area contributed by atoms with Crippen molar-refractivity contribution in [2.24, 2.45) is 0 Å². The molecule has 12 heteroatoms. The zero-order valence-electron chi connectivity index (χ0n) is 25.9. The number of nitrogens with one attached hydrogen (secondary N) is 3. The molecule has 6 unspecified atom stereocenters. The summed E-state index contributed by atoms with van der Waals surface area (Å²) in [5, 5.41) is 20.0. The van der Waals surface area contributed by atoms with E-state index >= 15 is 0 Å². The smallest absolute Gasteiger partial charge is 0.246 e. The van der Waals surface area contributed by atoms with E-state index in [1.54, 1.807) is 38.1 Å². The maximum Gasteiger partial charge on any atom is 0.246 e. The fourth-order valence-electron chi connectivity index (χ4n) is 5.56. The van der Waals surface area contributed by atoms with Crippen LogP contribution in [-0.2, 0) is 28.7 Å². The predicted molar refractivity (Wildman–Crippen MR) is 162 cm³/mol. The third kappa shape index (κ3) is 8.95. The van der Waals surface area contributed by atoms with Crippen molar-refractivity contribution in [2.75, 3.05) is 46.6 Å². The zero-order valence-corrected chi connectivity index (χ0v) is 25.9. The summed E-state index contributed by atoms with van der Waals surface area (Å²) in [5.74, 6) is -0.899. The van der Waals surface area contributed by atoms with E-state index < -0.39 is 47.7 Å². The second kappa shape index (κ2) is 15.7. The predicted octanol–water partition coefficient (Wildman–Crippen LogP) is 0.825. The highest BCUT2D eigenvalue weighted by Crippen LogP contribution is 2.31. The van der Waals surface area contributed by atoms with Gasteiger partial charge < -0.3 is 40.1 Å². The molecule has 2 amide bonds. The van der Waals surface area contributed by atoms with E-state index in [1.165, 1.54) is 7.11 Å². The number of ether oxygens (including phenoxy) is 3. The normalized spacial score (nSPS) is 23.7. The lowest BCUT2D eigenvalue weighted by molar-refractivity contribution is -0.135. The minimum atomic E-state index is -1.43. The fraction of sp³-hybridized carbons (Fsp3) is 0.625. The number of nitrogens with zero attached hydrogens (tertiary/aromatic N) is 1. The van der Waals surface area contributed by atoms with Crippen LogP contribution in [-0.4, -0.2) is 110 Å². The van der Waals surface area contributed by atoms with Crippen molar-refractivity contribution in [2.45, 2.75) is 81.8 Å². The zero-order chi connectivity index (χ0) is 31.7. The molecule has 2 heterocycles. The van der Waals surface area contributed by atoms with E-state index in [0.717, 1.165) is 37.5 Å². The molecule has 1 aromatic carbocycles. The van der Waals surface area contributed by atoms with Crippen LogP contribution in [0.5, 0.6) is 5.75 Å². The highest BCUT2D eigenvalue weighted by molar-refractivity contribution is 5.98. The highest BCUT2D eigenvalue weighted by atomic mass is 16.6. The Balaban J connectivity index is 1.49. The highest BCUT2D eigenvalue weighted by Gasteiger charge is 2.50. The number of amides is 2. The minimum absolute atomic E-state index is 0.222. The topological polar surface area (TPSA) is 159 Å². The molecule has 0 spiro atoms. The molecule has 2 aliphatic heterocycles. The number of aliphatic hydroxyl groups excluding tert-OH is 1. The lowest BCUT2D eigenvalue weighted by Crippen LogP contribution is -2.58. The molecule has 2 saturated heterocycles. The summed E-state index contributed by atoms with van der Waals surface area (Å²) in [7, 11) is 1.52. The van der Waals surface area contributed by atoms with Crippen LogP contribution in [0.15, 0.2) is 35.9 Å². The first-order chi connectivity index (χ1) is 21.1. The Hall–Kier alpha value is -3.16. The number of allylic oxidation sites excluding steroid dienone is 1. The summed E-state index contributed by atoms with van der Waals surface area (Å²) >= 11 is 0. The molecule has 6 atom stereocenters. The molecule has 0 saturated carbocycles. The van der Waals surface area contributed by atoms with Crippen LogP contribution < -0.4 is 20.7 Å². The van der Waals surface area contributed by atoms with E-state index in [9.17, 15) is 24.3 Å². The summed E-state index contributed by atoms with van der Waals surface area (Å²) in [6.07, 6.45) is 5.76. The molecule has 4 rings (SSSR count). The molecule has 0 aromatic heterocycles. The van der Waals surface area contributed by atoms with Gasteiger partial charge in [0.25, 0.3) is 0 Å². The summed E-state index contributed by atoms with van der Waals surface area (Å²) in [6, 6.07) is 3.01. The lowest BCUT2D eigenvalue weighted by Gasteiger charge is -2.32. The van der Waals surface area contributed by atoms with Crippen LogP contribution in [0, 0.1) is 0 Å². The summed E-state index contributed by atoms with van der Waals surface area (Å²) in [5.41, 5.74) is 0.517. The Morgan fingerprint density at radius 3 is 2.41 bits per heavy atom. The average Bonchev–Trinajstić information content (AvgIpc) is 3.81. The van der Waals surface area contributed by atoms with Crippen LogP contribution >= 0.6 is 0 Å². The molecule has 1 aromatic rings. The second-order valence-corrected chi connectivity index (χ2v) is 11.9. The van der Waals surface area contributed by atoms with Crippen LogP contribution in [0.1, 0.15) is 57.6 Å². The first kappa shape index (κ1) is 33.7. The molecule has 242 valence electrons. The number of methoxy groups -OCH3 is 1. The average molecular weight is 615 g/mol. The van der Waals surface area contributed by atoms with Crippen molar-refractivity contribution in [1.82, 2.24) is 20.9 Å². The van der Waals surface area contributed by atoms with Gasteiger partial charge in [0.15, 0.2) is 5.78 Å². The van der Waals surface area contributed by atoms with Gasteiger partial charge in [-0.05, 0) is 63.6 Å². The van der Waals surface area contributed by atoms with E-state index in [0.29, 0.717) is 44.0 Å². The second-order valence-electron chi connectivity index (χ2n) is 11.9. The van der Waals surface area contributed by atoms with Gasteiger partial charge in [0.2, 0.25) is 11.8 Å². The first-order valence-electron chi connectivity index (χ1n) is 15.4. The number of epoxide rings is 1. The number of hydrogen-bond donors (Lipinski definition) is 4. The van der Waals surface area contributed by atoms with Gasteiger partial charge in [0.1, 0.15) is 29.8 Å². The van der Waals surface area contributed by atoms with E-state index in [4.69, 9.17) is 14.2 Å².